The highest BCUT2D eigenvalue weighted by Gasteiger charge is 2.26. The highest BCUT2D eigenvalue weighted by Crippen LogP contribution is 2.29. The number of hydrogen-bond acceptors (Lipinski definition) is 7. The van der Waals surface area contributed by atoms with Crippen molar-refractivity contribution < 1.29 is 14.7 Å². The summed E-state index contributed by atoms with van der Waals surface area (Å²) in [4.78, 5) is 34.1. The normalized spacial score (nSPS) is 16.9. The molecule has 1 aromatic heterocycles. The first-order chi connectivity index (χ1) is 14.9. The van der Waals surface area contributed by atoms with E-state index in [0.29, 0.717) is 41.3 Å². The highest BCUT2D eigenvalue weighted by molar-refractivity contribution is 6.33. The molecule has 1 aliphatic heterocycles. The molecular formula is C21H25ClN6O3. The minimum atomic E-state index is -1.03. The average Bonchev–Trinajstić information content (AvgIpc) is 2.76. The van der Waals surface area contributed by atoms with Gasteiger partial charge in [0.2, 0.25) is 11.9 Å². The number of carbonyl (C=O) groups excluding carboxylic acids is 2. The van der Waals surface area contributed by atoms with Crippen molar-refractivity contribution >= 4 is 46.6 Å². The number of aromatic nitrogens is 2. The second-order valence-electron chi connectivity index (χ2n) is 7.20. The largest absolute Gasteiger partial charge is 0.384 e. The zero-order chi connectivity index (χ0) is 22.4. The summed E-state index contributed by atoms with van der Waals surface area (Å²) in [5.74, 6) is 0.103. The van der Waals surface area contributed by atoms with Crippen molar-refractivity contribution in [3.05, 3.63) is 48.1 Å². The molecule has 31 heavy (non-hydrogen) atoms. The quantitative estimate of drug-likeness (QED) is 0.485. The number of hydrogen-bond donors (Lipinski definition) is 4. The number of anilines is 4. The van der Waals surface area contributed by atoms with Crippen LogP contribution in [-0.2, 0) is 9.59 Å². The van der Waals surface area contributed by atoms with Gasteiger partial charge in [-0.15, -0.1) is 0 Å². The molecule has 0 saturated carbocycles. The van der Waals surface area contributed by atoms with Crippen LogP contribution < -0.4 is 16.0 Å². The van der Waals surface area contributed by atoms with Gasteiger partial charge >= 0.3 is 0 Å². The predicted octanol–water partition coefficient (Wildman–Crippen LogP) is 2.78. The standard InChI is InChI=1S/C21H25ClN6O3/c1-3-18(30)25-16-8-4-5-9-17(16)26-19-15(22)11-23-21(27-19)24-14-7-6-10-28(12-14)20(31)13(2)29/h3-5,8-9,11,13-14,29H,1,6-7,10,12H2,2H3,(H,25,30)(H2,23,24,26,27). The Morgan fingerprint density at radius 2 is 2.10 bits per heavy atom. The van der Waals surface area contributed by atoms with Gasteiger partial charge in [0.1, 0.15) is 11.1 Å². The van der Waals surface area contributed by atoms with Crippen molar-refractivity contribution in [2.45, 2.75) is 31.9 Å². The molecule has 164 valence electrons. The van der Waals surface area contributed by atoms with Crippen LogP contribution in [0, 0.1) is 0 Å². The van der Waals surface area contributed by atoms with Crippen molar-refractivity contribution in [2.24, 2.45) is 0 Å². The number of halogens is 1. The molecule has 4 N–H and O–H groups in total. The van der Waals surface area contributed by atoms with Crippen LogP contribution in [0.25, 0.3) is 0 Å². The Bertz CT molecular complexity index is 968. The molecule has 1 aromatic carbocycles. The molecule has 2 aromatic rings. The summed E-state index contributed by atoms with van der Waals surface area (Å²) in [6.07, 6.45) is 3.29. The summed E-state index contributed by atoms with van der Waals surface area (Å²) in [7, 11) is 0. The fourth-order valence-corrected chi connectivity index (χ4v) is 3.42. The molecule has 2 atom stereocenters. The number of nitrogens with zero attached hydrogens (tertiary/aromatic N) is 3. The summed E-state index contributed by atoms with van der Waals surface area (Å²) in [5.41, 5.74) is 1.16. The molecule has 0 spiro atoms. The maximum Gasteiger partial charge on any atom is 0.251 e. The number of likely N-dealkylation sites (tertiary alicyclic amines) is 1. The van der Waals surface area contributed by atoms with Crippen LogP contribution in [-0.4, -0.2) is 57.0 Å². The van der Waals surface area contributed by atoms with Crippen LogP contribution in [0.2, 0.25) is 5.02 Å². The number of aliphatic hydroxyl groups is 1. The van der Waals surface area contributed by atoms with Gasteiger partial charge in [-0.3, -0.25) is 9.59 Å². The van der Waals surface area contributed by atoms with Crippen molar-refractivity contribution in [1.29, 1.82) is 0 Å². The van der Waals surface area contributed by atoms with E-state index in [2.05, 4.69) is 32.5 Å². The fourth-order valence-electron chi connectivity index (χ4n) is 3.28. The number of nitrogens with one attached hydrogen (secondary N) is 3. The Balaban J connectivity index is 1.73. The summed E-state index contributed by atoms with van der Waals surface area (Å²) in [5, 5.41) is 18.9. The third kappa shape index (κ3) is 5.93. The lowest BCUT2D eigenvalue weighted by Gasteiger charge is -2.33. The van der Waals surface area contributed by atoms with Crippen LogP contribution in [0.3, 0.4) is 0 Å². The summed E-state index contributed by atoms with van der Waals surface area (Å²) < 4.78 is 0. The minimum Gasteiger partial charge on any atom is -0.384 e. The molecule has 2 heterocycles. The van der Waals surface area contributed by atoms with Crippen LogP contribution in [0.4, 0.5) is 23.1 Å². The maximum absolute atomic E-state index is 12.1. The van der Waals surface area contributed by atoms with Crippen LogP contribution in [0.15, 0.2) is 43.1 Å². The van der Waals surface area contributed by atoms with E-state index >= 15 is 0 Å². The van der Waals surface area contributed by atoms with Gasteiger partial charge in [-0.1, -0.05) is 30.3 Å². The number of para-hydroxylation sites is 2. The topological polar surface area (TPSA) is 119 Å². The van der Waals surface area contributed by atoms with Gasteiger partial charge in [0.05, 0.1) is 17.6 Å². The zero-order valence-electron chi connectivity index (χ0n) is 17.1. The first kappa shape index (κ1) is 22.5. The monoisotopic (exact) mass is 444 g/mol. The first-order valence-electron chi connectivity index (χ1n) is 9.92. The van der Waals surface area contributed by atoms with Gasteiger partial charge in [-0.2, -0.15) is 4.98 Å². The maximum atomic E-state index is 12.1. The molecule has 9 nitrogen and oxygen atoms in total. The molecule has 1 saturated heterocycles. The third-order valence-electron chi connectivity index (χ3n) is 4.79. The number of rotatable bonds is 7. The van der Waals surface area contributed by atoms with E-state index in [0.717, 1.165) is 12.8 Å². The number of carbonyl (C=O) groups is 2. The summed E-state index contributed by atoms with van der Waals surface area (Å²) in [6.45, 7) is 5.99. The van der Waals surface area contributed by atoms with Gasteiger partial charge in [0, 0.05) is 19.1 Å². The molecule has 2 unspecified atom stereocenters. The van der Waals surface area contributed by atoms with Crippen LogP contribution >= 0.6 is 11.6 Å². The van der Waals surface area contributed by atoms with Crippen molar-refractivity contribution in [3.63, 3.8) is 0 Å². The van der Waals surface area contributed by atoms with Crippen molar-refractivity contribution in [3.8, 4) is 0 Å². The molecule has 1 fully saturated rings. The minimum absolute atomic E-state index is 0.0513. The molecule has 0 bridgehead atoms. The second kappa shape index (κ2) is 10.2. The second-order valence-corrected chi connectivity index (χ2v) is 7.61. The van der Waals surface area contributed by atoms with Gasteiger partial charge in [0.25, 0.3) is 5.91 Å². The number of piperidine rings is 1. The van der Waals surface area contributed by atoms with E-state index < -0.39 is 6.10 Å². The summed E-state index contributed by atoms with van der Waals surface area (Å²) >= 11 is 6.27. The van der Waals surface area contributed by atoms with E-state index in [4.69, 9.17) is 11.6 Å². The lowest BCUT2D eigenvalue weighted by molar-refractivity contribution is -0.140. The molecule has 3 rings (SSSR count). The Hall–Kier alpha value is -3.17. The van der Waals surface area contributed by atoms with Gasteiger partial charge < -0.3 is 26.0 Å². The molecule has 0 radical (unpaired) electrons. The smallest absolute Gasteiger partial charge is 0.251 e. The van der Waals surface area contributed by atoms with Crippen LogP contribution in [0.1, 0.15) is 19.8 Å². The van der Waals surface area contributed by atoms with E-state index in [1.54, 1.807) is 23.1 Å². The number of amides is 2. The average molecular weight is 445 g/mol. The zero-order valence-corrected chi connectivity index (χ0v) is 17.9. The Morgan fingerprint density at radius 3 is 2.81 bits per heavy atom. The van der Waals surface area contributed by atoms with Gasteiger partial charge in [-0.25, -0.2) is 4.98 Å². The van der Waals surface area contributed by atoms with Crippen LogP contribution in [0.5, 0.6) is 0 Å². The highest BCUT2D eigenvalue weighted by atomic mass is 35.5. The number of benzene rings is 1. The van der Waals surface area contributed by atoms with E-state index in [1.165, 1.54) is 19.2 Å². The first-order valence-corrected chi connectivity index (χ1v) is 10.3. The Kier molecular flexibility index (Phi) is 7.43. The molecule has 0 aliphatic carbocycles. The summed E-state index contributed by atoms with van der Waals surface area (Å²) in [6, 6.07) is 7.08. The Labute approximate surface area is 185 Å². The third-order valence-corrected chi connectivity index (χ3v) is 5.07. The van der Waals surface area contributed by atoms with E-state index in [1.807, 2.05) is 6.07 Å². The SMILES string of the molecule is C=CC(=O)Nc1ccccc1Nc1nc(NC2CCCN(C(=O)C(C)O)C2)ncc1Cl. The molecule has 10 heteroatoms. The lowest BCUT2D eigenvalue weighted by atomic mass is 10.1. The van der Waals surface area contributed by atoms with E-state index in [-0.39, 0.29) is 17.9 Å². The van der Waals surface area contributed by atoms with E-state index in [9.17, 15) is 14.7 Å². The fraction of sp³-hybridized carbons (Fsp3) is 0.333. The van der Waals surface area contributed by atoms with Crippen molar-refractivity contribution in [1.82, 2.24) is 14.9 Å². The predicted molar refractivity (Wildman–Crippen MR) is 120 cm³/mol. The lowest BCUT2D eigenvalue weighted by Crippen LogP contribution is -2.48. The molecule has 2 amide bonds. The van der Waals surface area contributed by atoms with Gasteiger partial charge in [-0.05, 0) is 38.0 Å². The molecular weight excluding hydrogens is 420 g/mol. The molecule has 1 aliphatic rings. The Morgan fingerprint density at radius 1 is 1.35 bits per heavy atom. The van der Waals surface area contributed by atoms with Gasteiger partial charge in [0.15, 0.2) is 5.82 Å². The van der Waals surface area contributed by atoms with Crippen molar-refractivity contribution in [2.75, 3.05) is 29.0 Å². The number of aliphatic hydroxyl groups excluding tert-OH is 1.